The molecule has 110 valence electrons. The van der Waals surface area contributed by atoms with Gasteiger partial charge in [-0.05, 0) is 47.3 Å². The molecule has 1 heterocycles. The normalized spacial score (nSPS) is 26.3. The van der Waals surface area contributed by atoms with Crippen molar-refractivity contribution in [3.05, 3.63) is 46.1 Å². The van der Waals surface area contributed by atoms with Crippen molar-refractivity contribution < 1.29 is 9.53 Å². The maximum atomic E-state index is 12.5. The molecule has 1 atom stereocenters. The minimum absolute atomic E-state index is 0.0774. The van der Waals surface area contributed by atoms with E-state index in [0.29, 0.717) is 0 Å². The molecule has 0 radical (unpaired) electrons. The Labute approximate surface area is 124 Å². The number of nitrogens with zero attached hydrogens (tertiary/aromatic N) is 1. The van der Waals surface area contributed by atoms with E-state index in [4.69, 9.17) is 4.74 Å². The van der Waals surface area contributed by atoms with E-state index in [1.165, 1.54) is 16.7 Å². The molecular formula is C17H20N2O2. The summed E-state index contributed by atoms with van der Waals surface area (Å²) >= 11 is 0. The summed E-state index contributed by atoms with van der Waals surface area (Å²) in [5.74, 6) is 0.0774. The van der Waals surface area contributed by atoms with E-state index in [1.54, 1.807) is 7.11 Å². The zero-order valence-corrected chi connectivity index (χ0v) is 12.3. The third-order valence-electron chi connectivity index (χ3n) is 4.73. The molecule has 0 bridgehead atoms. The number of hydrogen-bond donors (Lipinski definition) is 1. The van der Waals surface area contributed by atoms with Crippen LogP contribution in [0.3, 0.4) is 0 Å². The highest BCUT2D eigenvalue weighted by molar-refractivity contribution is 6.02. The fourth-order valence-electron chi connectivity index (χ4n) is 3.47. The number of fused-ring (bicyclic) bond motifs is 2. The summed E-state index contributed by atoms with van der Waals surface area (Å²) in [4.78, 5) is 14.8. The molecule has 0 unspecified atom stereocenters. The van der Waals surface area contributed by atoms with Crippen LogP contribution in [0.15, 0.2) is 46.1 Å². The molecule has 4 rings (SSSR count). The Bertz CT molecular complexity index is 625. The van der Waals surface area contributed by atoms with Gasteiger partial charge >= 0.3 is 0 Å². The molecule has 0 aromatic carbocycles. The number of ether oxygens (including phenoxy) is 1. The van der Waals surface area contributed by atoms with Crippen molar-refractivity contribution in [2.75, 3.05) is 33.4 Å². The second-order valence-electron chi connectivity index (χ2n) is 6.15. The van der Waals surface area contributed by atoms with Gasteiger partial charge in [0.25, 0.3) is 5.91 Å². The Morgan fingerprint density at radius 2 is 2.33 bits per heavy atom. The lowest BCUT2D eigenvalue weighted by Gasteiger charge is -2.16. The smallest absolute Gasteiger partial charge is 0.252 e. The number of carbonyl (C=O) groups is 1. The van der Waals surface area contributed by atoms with Crippen LogP contribution in [0.25, 0.3) is 0 Å². The van der Waals surface area contributed by atoms with Gasteiger partial charge in [0.15, 0.2) is 0 Å². The predicted octanol–water partition coefficient (Wildman–Crippen LogP) is 1.33. The van der Waals surface area contributed by atoms with Crippen LogP contribution >= 0.6 is 0 Å². The van der Waals surface area contributed by atoms with Gasteiger partial charge in [-0.25, -0.2) is 0 Å². The van der Waals surface area contributed by atoms with Gasteiger partial charge < -0.3 is 10.1 Å². The number of carbonyl (C=O) groups excluding carboxylic acids is 1. The first-order chi connectivity index (χ1) is 10.3. The molecule has 1 saturated heterocycles. The summed E-state index contributed by atoms with van der Waals surface area (Å²) in [6.45, 7) is 3.66. The number of allylic oxidation sites excluding steroid dienone is 6. The predicted molar refractivity (Wildman–Crippen MR) is 80.8 cm³/mol. The zero-order chi connectivity index (χ0) is 14.4. The average molecular weight is 284 g/mol. The first-order valence-electron chi connectivity index (χ1n) is 7.65. The lowest BCUT2D eigenvalue weighted by Crippen LogP contribution is -2.38. The van der Waals surface area contributed by atoms with E-state index in [2.05, 4.69) is 22.4 Å². The summed E-state index contributed by atoms with van der Waals surface area (Å²) in [5, 5.41) is 3.19. The zero-order valence-electron chi connectivity index (χ0n) is 12.3. The summed E-state index contributed by atoms with van der Waals surface area (Å²) in [7, 11) is 1.72. The molecule has 0 spiro atoms. The lowest BCUT2D eigenvalue weighted by molar-refractivity contribution is -0.117. The van der Waals surface area contributed by atoms with Crippen molar-refractivity contribution >= 4 is 5.91 Å². The minimum Gasteiger partial charge on any atom is -0.383 e. The van der Waals surface area contributed by atoms with Crippen molar-refractivity contribution in [3.8, 4) is 0 Å². The molecule has 4 nitrogen and oxygen atoms in total. The molecule has 0 aromatic heterocycles. The van der Waals surface area contributed by atoms with Crippen molar-refractivity contribution in [1.29, 1.82) is 0 Å². The Kier molecular flexibility index (Phi) is 3.08. The van der Waals surface area contributed by atoms with E-state index in [0.717, 1.165) is 50.2 Å². The van der Waals surface area contributed by atoms with Crippen LogP contribution in [-0.2, 0) is 9.53 Å². The second kappa shape index (κ2) is 4.97. The lowest BCUT2D eigenvalue weighted by atomic mass is 10.1. The van der Waals surface area contributed by atoms with E-state index in [9.17, 15) is 4.79 Å². The molecule has 1 N–H and O–H groups in total. The quantitative estimate of drug-likeness (QED) is 0.828. The van der Waals surface area contributed by atoms with Gasteiger partial charge in [-0.3, -0.25) is 9.69 Å². The third-order valence-corrected chi connectivity index (χ3v) is 4.73. The Morgan fingerprint density at radius 3 is 3.19 bits per heavy atom. The highest BCUT2D eigenvalue weighted by Crippen LogP contribution is 2.51. The number of amides is 1. The van der Waals surface area contributed by atoms with Gasteiger partial charge in [-0.15, -0.1) is 0 Å². The third kappa shape index (κ3) is 2.28. The molecule has 1 aliphatic heterocycles. The Morgan fingerprint density at radius 1 is 1.43 bits per heavy atom. The van der Waals surface area contributed by atoms with Gasteiger partial charge in [0.1, 0.15) is 0 Å². The number of methoxy groups -OCH3 is 1. The Hall–Kier alpha value is -1.65. The van der Waals surface area contributed by atoms with Crippen molar-refractivity contribution in [3.63, 3.8) is 0 Å². The highest BCUT2D eigenvalue weighted by atomic mass is 16.5. The molecule has 1 saturated carbocycles. The fraction of sp³-hybridized carbons (Fsp3) is 0.471. The molecule has 1 amide bonds. The second-order valence-corrected chi connectivity index (χ2v) is 6.15. The highest BCUT2D eigenvalue weighted by Gasteiger charge is 2.36. The summed E-state index contributed by atoms with van der Waals surface area (Å²) in [6, 6.07) is 0.260. The van der Waals surface area contributed by atoms with Gasteiger partial charge in [0.2, 0.25) is 0 Å². The van der Waals surface area contributed by atoms with Crippen LogP contribution in [0, 0.1) is 0 Å². The monoisotopic (exact) mass is 284 g/mol. The van der Waals surface area contributed by atoms with Crippen LogP contribution in [-0.4, -0.2) is 50.2 Å². The molecule has 2 fully saturated rings. The van der Waals surface area contributed by atoms with Gasteiger partial charge in [-0.1, -0.05) is 6.08 Å². The van der Waals surface area contributed by atoms with E-state index in [-0.39, 0.29) is 11.9 Å². The fourth-order valence-corrected chi connectivity index (χ4v) is 3.47. The number of nitrogens with one attached hydrogen (secondary N) is 1. The van der Waals surface area contributed by atoms with Crippen LogP contribution in [0.5, 0.6) is 0 Å². The van der Waals surface area contributed by atoms with Crippen LogP contribution < -0.4 is 5.32 Å². The number of likely N-dealkylation sites (tertiary alicyclic amines) is 1. The van der Waals surface area contributed by atoms with E-state index < -0.39 is 0 Å². The first-order valence-corrected chi connectivity index (χ1v) is 7.65. The van der Waals surface area contributed by atoms with Crippen LogP contribution in [0.2, 0.25) is 0 Å². The Balaban J connectivity index is 1.38. The van der Waals surface area contributed by atoms with Crippen molar-refractivity contribution in [2.45, 2.75) is 18.9 Å². The first kappa shape index (κ1) is 13.0. The molecular weight excluding hydrogens is 264 g/mol. The largest absolute Gasteiger partial charge is 0.383 e. The van der Waals surface area contributed by atoms with E-state index >= 15 is 0 Å². The molecule has 0 aromatic rings. The van der Waals surface area contributed by atoms with Gasteiger partial charge in [0.05, 0.1) is 6.61 Å². The molecule has 4 aliphatic rings. The SMILES string of the molecule is COCCN1CC[C@H](NC(=O)C2=C3C=C4CC4=C3C=C2)C1. The van der Waals surface area contributed by atoms with Crippen LogP contribution in [0.4, 0.5) is 0 Å². The maximum Gasteiger partial charge on any atom is 0.252 e. The summed E-state index contributed by atoms with van der Waals surface area (Å²) < 4.78 is 5.11. The number of hydrogen-bond acceptors (Lipinski definition) is 3. The van der Waals surface area contributed by atoms with Gasteiger partial charge in [-0.2, -0.15) is 0 Å². The maximum absolute atomic E-state index is 12.5. The van der Waals surface area contributed by atoms with Crippen LogP contribution in [0.1, 0.15) is 12.8 Å². The molecule has 4 heteroatoms. The molecule has 21 heavy (non-hydrogen) atoms. The molecule has 3 aliphatic carbocycles. The topological polar surface area (TPSA) is 41.6 Å². The standard InChI is InChI=1S/C17H20N2O2/c1-21-7-6-19-5-4-12(10-19)18-17(20)14-3-2-13-15-8-11(15)9-16(13)14/h2-3,9,12H,4-8,10H2,1H3,(H,18,20)/t12-/m0/s1. The van der Waals surface area contributed by atoms with Crippen molar-refractivity contribution in [1.82, 2.24) is 10.2 Å². The van der Waals surface area contributed by atoms with Crippen molar-refractivity contribution in [2.24, 2.45) is 0 Å². The van der Waals surface area contributed by atoms with Gasteiger partial charge in [0, 0.05) is 38.4 Å². The summed E-state index contributed by atoms with van der Waals surface area (Å²) in [5.41, 5.74) is 6.12. The average Bonchev–Trinajstić information content (AvgIpc) is 2.85. The minimum atomic E-state index is 0.0774. The summed E-state index contributed by atoms with van der Waals surface area (Å²) in [6.07, 6.45) is 8.39. The van der Waals surface area contributed by atoms with E-state index in [1.807, 2.05) is 6.08 Å². The number of rotatable bonds is 5.